The minimum absolute atomic E-state index is 0.0684. The molecule has 1 atom stereocenters. The van der Waals surface area contributed by atoms with E-state index >= 15 is 0 Å². The predicted molar refractivity (Wildman–Crippen MR) is 73.7 cm³/mol. The number of ether oxygens (including phenoxy) is 1. The summed E-state index contributed by atoms with van der Waals surface area (Å²) < 4.78 is 18.3. The first-order chi connectivity index (χ1) is 9.47. The second-order valence-electron chi connectivity index (χ2n) is 4.84. The molecular formula is C14H15ClFNO3. The molecule has 6 heteroatoms. The number of aryl methyl sites for hydroxylation is 1. The van der Waals surface area contributed by atoms with E-state index in [0.717, 1.165) is 0 Å². The average Bonchev–Trinajstić information content (AvgIpc) is 2.79. The van der Waals surface area contributed by atoms with Gasteiger partial charge in [-0.05, 0) is 30.5 Å². The lowest BCUT2D eigenvalue weighted by Crippen LogP contribution is -2.26. The number of halogens is 2. The van der Waals surface area contributed by atoms with E-state index in [1.807, 2.05) is 0 Å². The third-order valence-corrected chi connectivity index (χ3v) is 3.84. The monoisotopic (exact) mass is 299 g/mol. The fraction of sp³-hybridized carbons (Fsp3) is 0.429. The highest BCUT2D eigenvalue weighted by atomic mass is 35.5. The number of benzene rings is 1. The Morgan fingerprint density at radius 2 is 2.25 bits per heavy atom. The molecule has 1 unspecified atom stereocenters. The van der Waals surface area contributed by atoms with Crippen molar-refractivity contribution in [1.82, 2.24) is 0 Å². The van der Waals surface area contributed by atoms with Crippen LogP contribution < -0.4 is 4.90 Å². The van der Waals surface area contributed by atoms with Gasteiger partial charge in [-0.1, -0.05) is 0 Å². The average molecular weight is 300 g/mol. The van der Waals surface area contributed by atoms with Gasteiger partial charge in [0.1, 0.15) is 5.82 Å². The summed E-state index contributed by atoms with van der Waals surface area (Å²) in [6, 6.07) is 2.61. The number of amides is 1. The van der Waals surface area contributed by atoms with Crippen molar-refractivity contribution in [2.24, 2.45) is 5.92 Å². The SMILES string of the molecule is COC(=O)c1cc(N2CC(CCl)CC2=O)c(C)cc1F. The zero-order valence-electron chi connectivity index (χ0n) is 11.3. The molecule has 0 radical (unpaired) electrons. The molecule has 1 fully saturated rings. The highest BCUT2D eigenvalue weighted by Gasteiger charge is 2.31. The van der Waals surface area contributed by atoms with Crippen molar-refractivity contribution in [3.8, 4) is 0 Å². The van der Waals surface area contributed by atoms with Crippen LogP contribution in [0.5, 0.6) is 0 Å². The van der Waals surface area contributed by atoms with E-state index < -0.39 is 11.8 Å². The van der Waals surface area contributed by atoms with Gasteiger partial charge in [0.25, 0.3) is 0 Å². The Bertz CT molecular complexity index is 562. The van der Waals surface area contributed by atoms with Gasteiger partial charge < -0.3 is 9.64 Å². The van der Waals surface area contributed by atoms with Crippen LogP contribution in [-0.2, 0) is 9.53 Å². The number of carbonyl (C=O) groups is 2. The molecule has 1 aromatic carbocycles. The van der Waals surface area contributed by atoms with E-state index in [2.05, 4.69) is 4.74 Å². The number of alkyl halides is 1. The molecule has 1 heterocycles. The van der Waals surface area contributed by atoms with Crippen LogP contribution >= 0.6 is 11.6 Å². The standard InChI is InChI=1S/C14H15ClFNO3/c1-8-3-11(16)10(14(19)20-2)5-12(8)17-7-9(6-15)4-13(17)18/h3,5,9H,4,6-7H2,1-2H3. The lowest BCUT2D eigenvalue weighted by molar-refractivity contribution is -0.117. The van der Waals surface area contributed by atoms with Crippen molar-refractivity contribution in [2.45, 2.75) is 13.3 Å². The van der Waals surface area contributed by atoms with E-state index in [1.54, 1.807) is 11.8 Å². The van der Waals surface area contributed by atoms with Crippen LogP contribution in [0.3, 0.4) is 0 Å². The quantitative estimate of drug-likeness (QED) is 0.636. The van der Waals surface area contributed by atoms with Crippen molar-refractivity contribution < 1.29 is 18.7 Å². The minimum atomic E-state index is -0.760. The Labute approximate surface area is 121 Å². The molecule has 4 nitrogen and oxygen atoms in total. The third-order valence-electron chi connectivity index (χ3n) is 3.41. The summed E-state index contributed by atoms with van der Waals surface area (Å²) in [5.74, 6) is -1.01. The molecule has 0 aromatic heterocycles. The van der Waals surface area contributed by atoms with Crippen molar-refractivity contribution in [3.05, 3.63) is 29.1 Å². The van der Waals surface area contributed by atoms with Crippen LogP contribution in [0.1, 0.15) is 22.3 Å². The molecule has 1 saturated heterocycles. The van der Waals surface area contributed by atoms with Gasteiger partial charge in [-0.3, -0.25) is 4.79 Å². The van der Waals surface area contributed by atoms with Crippen molar-refractivity contribution >= 4 is 29.2 Å². The van der Waals surface area contributed by atoms with Crippen molar-refractivity contribution in [2.75, 3.05) is 24.4 Å². The van der Waals surface area contributed by atoms with Gasteiger partial charge in [0.2, 0.25) is 5.91 Å². The number of rotatable bonds is 3. The van der Waals surface area contributed by atoms with Gasteiger partial charge in [-0.15, -0.1) is 11.6 Å². The van der Waals surface area contributed by atoms with Gasteiger partial charge in [0.05, 0.1) is 12.7 Å². The Kier molecular flexibility index (Phi) is 4.28. The van der Waals surface area contributed by atoms with Gasteiger partial charge in [-0.25, -0.2) is 9.18 Å². The zero-order valence-corrected chi connectivity index (χ0v) is 12.0. The molecule has 0 N–H and O–H groups in total. The molecule has 0 bridgehead atoms. The topological polar surface area (TPSA) is 46.6 Å². The molecule has 0 spiro atoms. The Morgan fingerprint density at radius 1 is 1.55 bits per heavy atom. The fourth-order valence-electron chi connectivity index (χ4n) is 2.34. The van der Waals surface area contributed by atoms with E-state index in [-0.39, 0.29) is 17.4 Å². The molecule has 1 aromatic rings. The Morgan fingerprint density at radius 3 is 2.80 bits per heavy atom. The van der Waals surface area contributed by atoms with Crippen LogP contribution in [0.15, 0.2) is 12.1 Å². The summed E-state index contributed by atoms with van der Waals surface area (Å²) in [6.07, 6.45) is 0.369. The van der Waals surface area contributed by atoms with Crippen LogP contribution in [0.25, 0.3) is 0 Å². The second-order valence-corrected chi connectivity index (χ2v) is 5.15. The zero-order chi connectivity index (χ0) is 14.9. The molecule has 2 rings (SSSR count). The summed E-state index contributed by atoms with van der Waals surface area (Å²) in [6.45, 7) is 2.18. The largest absolute Gasteiger partial charge is 0.465 e. The third kappa shape index (κ3) is 2.63. The maximum Gasteiger partial charge on any atom is 0.340 e. The number of hydrogen-bond donors (Lipinski definition) is 0. The molecule has 20 heavy (non-hydrogen) atoms. The summed E-state index contributed by atoms with van der Waals surface area (Å²) in [5.41, 5.74) is 0.957. The number of methoxy groups -OCH3 is 1. The fourth-order valence-corrected chi connectivity index (χ4v) is 2.54. The van der Waals surface area contributed by atoms with E-state index in [0.29, 0.717) is 30.1 Å². The minimum Gasteiger partial charge on any atom is -0.465 e. The molecule has 1 aliphatic heterocycles. The molecule has 1 amide bonds. The number of nitrogens with zero attached hydrogens (tertiary/aromatic N) is 1. The maximum absolute atomic E-state index is 13.8. The highest BCUT2D eigenvalue weighted by molar-refractivity contribution is 6.18. The summed E-state index contributed by atoms with van der Waals surface area (Å²) >= 11 is 5.78. The van der Waals surface area contributed by atoms with Gasteiger partial charge in [0.15, 0.2) is 0 Å². The van der Waals surface area contributed by atoms with Crippen LogP contribution in [-0.4, -0.2) is 31.4 Å². The second kappa shape index (κ2) is 5.79. The van der Waals surface area contributed by atoms with Gasteiger partial charge >= 0.3 is 5.97 Å². The highest BCUT2D eigenvalue weighted by Crippen LogP contribution is 2.30. The molecule has 108 valence electrons. The van der Waals surface area contributed by atoms with Crippen LogP contribution in [0.4, 0.5) is 10.1 Å². The predicted octanol–water partition coefficient (Wildman–Crippen LogP) is 2.51. The maximum atomic E-state index is 13.8. The summed E-state index contributed by atoms with van der Waals surface area (Å²) in [5, 5.41) is 0. The number of hydrogen-bond acceptors (Lipinski definition) is 3. The van der Waals surface area contributed by atoms with Crippen LogP contribution in [0.2, 0.25) is 0 Å². The summed E-state index contributed by atoms with van der Waals surface area (Å²) in [7, 11) is 1.19. The lowest BCUT2D eigenvalue weighted by Gasteiger charge is -2.20. The number of carbonyl (C=O) groups excluding carboxylic acids is 2. The van der Waals surface area contributed by atoms with E-state index in [9.17, 15) is 14.0 Å². The van der Waals surface area contributed by atoms with Crippen LogP contribution in [0, 0.1) is 18.7 Å². The molecule has 0 aliphatic carbocycles. The van der Waals surface area contributed by atoms with E-state index in [1.165, 1.54) is 19.2 Å². The Balaban J connectivity index is 2.42. The molecule has 1 aliphatic rings. The smallest absolute Gasteiger partial charge is 0.340 e. The first-order valence-electron chi connectivity index (χ1n) is 6.22. The number of anilines is 1. The Hall–Kier alpha value is -1.62. The van der Waals surface area contributed by atoms with E-state index in [4.69, 9.17) is 11.6 Å². The van der Waals surface area contributed by atoms with Crippen molar-refractivity contribution in [3.63, 3.8) is 0 Å². The first-order valence-corrected chi connectivity index (χ1v) is 6.76. The summed E-state index contributed by atoms with van der Waals surface area (Å²) in [4.78, 5) is 25.1. The first kappa shape index (κ1) is 14.8. The lowest BCUT2D eigenvalue weighted by atomic mass is 10.1. The molecule has 0 saturated carbocycles. The van der Waals surface area contributed by atoms with Crippen molar-refractivity contribution in [1.29, 1.82) is 0 Å². The molecular weight excluding hydrogens is 285 g/mol. The number of esters is 1. The van der Waals surface area contributed by atoms with Gasteiger partial charge in [-0.2, -0.15) is 0 Å². The van der Waals surface area contributed by atoms with Gasteiger partial charge in [0, 0.05) is 24.5 Å². The normalized spacial score (nSPS) is 18.5.